The first kappa shape index (κ1) is 13.9. The average molecular weight is 374 g/mol. The third kappa shape index (κ3) is 5.23. The Kier molecular flexibility index (Phi) is 5.15. The zero-order chi connectivity index (χ0) is 12.2. The third-order valence-corrected chi connectivity index (χ3v) is 4.37. The van der Waals surface area contributed by atoms with Crippen LogP contribution in [0.1, 0.15) is 16.8 Å². The van der Waals surface area contributed by atoms with Gasteiger partial charge in [0.25, 0.3) is 5.91 Å². The molecule has 1 amide bonds. The highest BCUT2D eigenvalue weighted by atomic mass is 127. The Hall–Kier alpha value is -0.190. The minimum absolute atomic E-state index is 0.117. The predicted octanol–water partition coefficient (Wildman–Crippen LogP) is 0.761. The number of sulfonamides is 1. The maximum atomic E-state index is 11.5. The number of carbonyl (C=O) groups excluding carboxylic acids is 1. The van der Waals surface area contributed by atoms with Crippen molar-refractivity contribution in [2.75, 3.05) is 12.3 Å². The molecule has 0 unspecified atom stereocenters. The van der Waals surface area contributed by atoms with Crippen molar-refractivity contribution in [1.29, 1.82) is 0 Å². The number of rotatable bonds is 5. The molecule has 0 aliphatic rings. The Balaban J connectivity index is 2.31. The zero-order valence-corrected chi connectivity index (χ0v) is 12.1. The van der Waals surface area contributed by atoms with Crippen molar-refractivity contribution in [3.05, 3.63) is 19.9 Å². The second-order valence-electron chi connectivity index (χ2n) is 3.12. The number of primary sulfonamides is 1. The summed E-state index contributed by atoms with van der Waals surface area (Å²) in [6, 6.07) is 1.78. The van der Waals surface area contributed by atoms with Crippen LogP contribution < -0.4 is 10.5 Å². The van der Waals surface area contributed by atoms with Crippen LogP contribution >= 0.6 is 33.9 Å². The molecule has 0 bridgehead atoms. The van der Waals surface area contributed by atoms with Crippen molar-refractivity contribution in [2.24, 2.45) is 5.14 Å². The normalized spacial score (nSPS) is 11.4. The van der Waals surface area contributed by atoms with E-state index in [1.165, 1.54) is 11.3 Å². The van der Waals surface area contributed by atoms with E-state index in [1.807, 2.05) is 0 Å². The SMILES string of the molecule is NS(=O)(=O)CCCNC(=O)c1csc(I)c1. The molecule has 0 radical (unpaired) electrons. The number of amides is 1. The van der Waals surface area contributed by atoms with Gasteiger partial charge in [-0.15, -0.1) is 11.3 Å². The molecule has 8 heteroatoms. The van der Waals surface area contributed by atoms with Crippen molar-refractivity contribution < 1.29 is 13.2 Å². The number of thiophene rings is 1. The van der Waals surface area contributed by atoms with Crippen LogP contribution in [0, 0.1) is 2.88 Å². The van der Waals surface area contributed by atoms with E-state index in [0.717, 1.165) is 2.88 Å². The van der Waals surface area contributed by atoms with Gasteiger partial charge >= 0.3 is 0 Å². The van der Waals surface area contributed by atoms with Crippen molar-refractivity contribution in [2.45, 2.75) is 6.42 Å². The third-order valence-electron chi connectivity index (χ3n) is 1.72. The first-order chi connectivity index (χ1) is 7.38. The number of nitrogens with one attached hydrogen (secondary N) is 1. The molecule has 1 aromatic rings. The summed E-state index contributed by atoms with van der Waals surface area (Å²) in [5.74, 6) is -0.303. The first-order valence-electron chi connectivity index (χ1n) is 4.41. The van der Waals surface area contributed by atoms with Gasteiger partial charge in [0.1, 0.15) is 0 Å². The predicted molar refractivity (Wildman–Crippen MR) is 72.0 cm³/mol. The van der Waals surface area contributed by atoms with E-state index in [1.54, 1.807) is 11.4 Å². The second kappa shape index (κ2) is 5.94. The van der Waals surface area contributed by atoms with Crippen LogP contribution in [0.3, 0.4) is 0 Å². The molecule has 5 nitrogen and oxygen atoms in total. The maximum absolute atomic E-state index is 11.5. The molecule has 0 fully saturated rings. The Morgan fingerprint density at radius 1 is 1.56 bits per heavy atom. The van der Waals surface area contributed by atoms with Crippen molar-refractivity contribution >= 4 is 49.9 Å². The van der Waals surface area contributed by atoms with Gasteiger partial charge in [-0.1, -0.05) is 0 Å². The van der Waals surface area contributed by atoms with Crippen molar-refractivity contribution in [1.82, 2.24) is 5.32 Å². The summed E-state index contributed by atoms with van der Waals surface area (Å²) in [5, 5.41) is 9.22. The van der Waals surface area contributed by atoms with E-state index in [0.29, 0.717) is 18.5 Å². The van der Waals surface area contributed by atoms with E-state index in [4.69, 9.17) is 5.14 Å². The highest BCUT2D eigenvalue weighted by molar-refractivity contribution is 14.1. The lowest BCUT2D eigenvalue weighted by molar-refractivity contribution is 0.0954. The summed E-state index contributed by atoms with van der Waals surface area (Å²) in [4.78, 5) is 11.5. The summed E-state index contributed by atoms with van der Waals surface area (Å²) >= 11 is 3.62. The summed E-state index contributed by atoms with van der Waals surface area (Å²) in [5.41, 5.74) is 0.602. The Morgan fingerprint density at radius 2 is 2.25 bits per heavy atom. The van der Waals surface area contributed by atoms with Gasteiger partial charge in [0, 0.05) is 11.9 Å². The van der Waals surface area contributed by atoms with E-state index >= 15 is 0 Å². The molecule has 1 aromatic heterocycles. The minimum atomic E-state index is -3.43. The van der Waals surface area contributed by atoms with Gasteiger partial charge in [-0.3, -0.25) is 4.79 Å². The van der Waals surface area contributed by atoms with Crippen LogP contribution in [-0.4, -0.2) is 26.6 Å². The molecule has 16 heavy (non-hydrogen) atoms. The summed E-state index contributed by atoms with van der Waals surface area (Å²) in [6.07, 6.45) is 0.325. The highest BCUT2D eigenvalue weighted by Crippen LogP contribution is 2.16. The van der Waals surface area contributed by atoms with Gasteiger partial charge in [0.05, 0.1) is 14.2 Å². The van der Waals surface area contributed by atoms with Crippen LogP contribution in [0.4, 0.5) is 0 Å². The van der Waals surface area contributed by atoms with Crippen LogP contribution in [0.15, 0.2) is 11.4 Å². The topological polar surface area (TPSA) is 89.3 Å². The van der Waals surface area contributed by atoms with E-state index in [-0.39, 0.29) is 11.7 Å². The quantitative estimate of drug-likeness (QED) is 0.589. The van der Waals surface area contributed by atoms with Gasteiger partial charge in [0.2, 0.25) is 10.0 Å². The van der Waals surface area contributed by atoms with Gasteiger partial charge in [-0.05, 0) is 35.1 Å². The fourth-order valence-corrected chi connectivity index (χ4v) is 2.88. The Morgan fingerprint density at radius 3 is 2.75 bits per heavy atom. The molecule has 0 saturated carbocycles. The van der Waals surface area contributed by atoms with Gasteiger partial charge < -0.3 is 5.32 Å². The lowest BCUT2D eigenvalue weighted by atomic mass is 10.3. The number of hydrogen-bond donors (Lipinski definition) is 2. The average Bonchev–Trinajstić information content (AvgIpc) is 2.57. The largest absolute Gasteiger partial charge is 0.352 e. The molecule has 90 valence electrons. The van der Waals surface area contributed by atoms with E-state index < -0.39 is 10.0 Å². The van der Waals surface area contributed by atoms with Gasteiger partial charge in [0.15, 0.2) is 0 Å². The summed E-state index contributed by atoms with van der Waals surface area (Å²) in [6.45, 7) is 0.307. The molecule has 0 aromatic carbocycles. The number of carbonyl (C=O) groups is 1. The molecule has 0 spiro atoms. The number of halogens is 1. The van der Waals surface area contributed by atoms with Crippen LogP contribution in [0.25, 0.3) is 0 Å². The molecule has 3 N–H and O–H groups in total. The van der Waals surface area contributed by atoms with Gasteiger partial charge in [-0.25, -0.2) is 13.6 Å². The van der Waals surface area contributed by atoms with Crippen LogP contribution in [-0.2, 0) is 10.0 Å². The molecule has 0 atom stereocenters. The van der Waals surface area contributed by atoms with Crippen molar-refractivity contribution in [3.8, 4) is 0 Å². The standard InChI is InChI=1S/C8H11IN2O3S2/c9-7-4-6(5-15-7)8(12)11-2-1-3-16(10,13)14/h4-5H,1-3H2,(H,11,12)(H2,10,13,14). The first-order valence-corrected chi connectivity index (χ1v) is 8.08. The smallest absolute Gasteiger partial charge is 0.252 e. The number of nitrogens with two attached hydrogens (primary N) is 1. The molecular weight excluding hydrogens is 363 g/mol. The highest BCUT2D eigenvalue weighted by Gasteiger charge is 2.07. The van der Waals surface area contributed by atoms with E-state index in [2.05, 4.69) is 27.9 Å². The van der Waals surface area contributed by atoms with Crippen molar-refractivity contribution in [3.63, 3.8) is 0 Å². The summed E-state index contributed by atoms with van der Waals surface area (Å²) < 4.78 is 22.3. The fraction of sp³-hybridized carbons (Fsp3) is 0.375. The molecule has 0 aliphatic carbocycles. The second-order valence-corrected chi connectivity index (χ2v) is 7.66. The number of hydrogen-bond acceptors (Lipinski definition) is 4. The molecule has 1 rings (SSSR count). The zero-order valence-electron chi connectivity index (χ0n) is 8.27. The molecular formula is C8H11IN2O3S2. The lowest BCUT2D eigenvalue weighted by Crippen LogP contribution is -2.27. The Bertz CT molecular complexity index is 469. The monoisotopic (exact) mass is 374 g/mol. The lowest BCUT2D eigenvalue weighted by Gasteiger charge is -2.02. The fourth-order valence-electron chi connectivity index (χ4n) is 1.01. The van der Waals surface area contributed by atoms with E-state index in [9.17, 15) is 13.2 Å². The molecule has 0 saturated heterocycles. The maximum Gasteiger partial charge on any atom is 0.252 e. The van der Waals surface area contributed by atoms with Gasteiger partial charge in [-0.2, -0.15) is 0 Å². The minimum Gasteiger partial charge on any atom is -0.352 e. The molecule has 1 heterocycles. The summed E-state index contributed by atoms with van der Waals surface area (Å²) in [7, 11) is -3.43. The van der Waals surface area contributed by atoms with Crippen LogP contribution in [0.2, 0.25) is 0 Å². The van der Waals surface area contributed by atoms with Crippen LogP contribution in [0.5, 0.6) is 0 Å². The Labute approximate surface area is 112 Å². The molecule has 0 aliphatic heterocycles.